The first-order valence-electron chi connectivity index (χ1n) is 19.2. The van der Waals surface area contributed by atoms with Crippen LogP contribution in [0.15, 0.2) is 60.8 Å². The molecule has 0 aromatic rings. The molecule has 0 fully saturated rings. The highest BCUT2D eigenvalue weighted by molar-refractivity contribution is 5.88. The lowest BCUT2D eigenvalue weighted by Gasteiger charge is -2.38. The normalized spacial score (nSPS) is 15.5. The number of hydrogen-bond donors (Lipinski definition) is 6. The van der Waals surface area contributed by atoms with Crippen LogP contribution in [0.25, 0.3) is 0 Å². The third kappa shape index (κ3) is 25.5. The maximum atomic E-state index is 12.0. The van der Waals surface area contributed by atoms with E-state index in [-0.39, 0.29) is 27.9 Å². The van der Waals surface area contributed by atoms with Gasteiger partial charge in [0.2, 0.25) is 0 Å². The summed E-state index contributed by atoms with van der Waals surface area (Å²) in [6.45, 7) is 16.9. The highest BCUT2D eigenvalue weighted by atomic mass is 16.6. The largest absolute Gasteiger partial charge is 0.460 e. The molecule has 5 unspecified atom stereocenters. The molecule has 0 bridgehead atoms. The van der Waals surface area contributed by atoms with E-state index in [1.807, 2.05) is 0 Å². The van der Waals surface area contributed by atoms with Gasteiger partial charge in [0.15, 0.2) is 0 Å². The zero-order chi connectivity index (χ0) is 47.5. The molecule has 9 atom stereocenters. The molecule has 0 aliphatic rings. The zero-order valence-corrected chi connectivity index (χ0v) is 36.0. The van der Waals surface area contributed by atoms with Crippen LogP contribution in [0.3, 0.4) is 0 Å². The molecular weight excluding hydrogens is 828 g/mol. The summed E-state index contributed by atoms with van der Waals surface area (Å²) in [6.07, 6.45) is -13.7. The standard InChI is InChI=1S/C41H64O21/c1-23(2)37(48)58-17-28(43)12-53-22-34(55-14-30(45)19-60-39(50)25(5)6)36(57-16-32(47)21-62-41(52)27(9)10)35(56-15-31(46)20-61-40(51)26(7)8)33(11-42)54-13-29(44)18-59-38(49)24(3)4/h28-36,42-47H,1,3,5,7,9,11-22H2,2,4,6,8,10H3/t28?,29?,30?,31?,32?,33-,34+,35+,36-/m0/s1. The van der Waals surface area contributed by atoms with Crippen molar-refractivity contribution in [3.8, 4) is 0 Å². The summed E-state index contributed by atoms with van der Waals surface area (Å²) in [5.41, 5.74) is 0.238. The van der Waals surface area contributed by atoms with E-state index in [1.165, 1.54) is 34.6 Å². The molecule has 354 valence electrons. The Morgan fingerprint density at radius 3 is 0.887 bits per heavy atom. The molecule has 0 aromatic carbocycles. The van der Waals surface area contributed by atoms with E-state index >= 15 is 0 Å². The smallest absolute Gasteiger partial charge is 0.333 e. The van der Waals surface area contributed by atoms with Crippen LogP contribution in [-0.4, -0.2) is 195 Å². The molecule has 21 heteroatoms. The predicted octanol–water partition coefficient (Wildman–Crippen LogP) is -1.06. The second-order valence-electron chi connectivity index (χ2n) is 14.2. The number of hydrogen-bond acceptors (Lipinski definition) is 21. The van der Waals surface area contributed by atoms with Crippen LogP contribution in [0, 0.1) is 0 Å². The summed E-state index contributed by atoms with van der Waals surface area (Å²) in [4.78, 5) is 59.8. The molecule has 0 heterocycles. The average molecular weight is 893 g/mol. The Hall–Kier alpha value is -4.39. The SMILES string of the molecule is C=C(C)C(=O)OCC(O)COC[C@@H](OCC(O)COC(=O)C(=C)C)[C@H](OCC(O)COC(=O)C(=C)C)[C@H](OCC(O)COC(=O)C(=C)C)[C@H](CO)OCC(O)COC(=O)C(=C)C. The van der Waals surface area contributed by atoms with Crippen molar-refractivity contribution in [3.63, 3.8) is 0 Å². The number of rotatable bonds is 35. The van der Waals surface area contributed by atoms with Crippen molar-refractivity contribution in [2.75, 3.05) is 79.3 Å². The summed E-state index contributed by atoms with van der Waals surface area (Å²) >= 11 is 0. The van der Waals surface area contributed by atoms with Gasteiger partial charge in [-0.05, 0) is 34.6 Å². The first-order chi connectivity index (χ1) is 29.0. The second kappa shape index (κ2) is 31.4. The Bertz CT molecular complexity index is 1490. The van der Waals surface area contributed by atoms with Crippen molar-refractivity contribution in [1.29, 1.82) is 0 Å². The Morgan fingerprint density at radius 1 is 0.371 bits per heavy atom. The van der Waals surface area contributed by atoms with Gasteiger partial charge in [-0.2, -0.15) is 0 Å². The van der Waals surface area contributed by atoms with Crippen molar-refractivity contribution >= 4 is 29.8 Å². The summed E-state index contributed by atoms with van der Waals surface area (Å²) in [5.74, 6) is -4.04. The highest BCUT2D eigenvalue weighted by Crippen LogP contribution is 2.21. The van der Waals surface area contributed by atoms with Crippen LogP contribution in [-0.2, 0) is 71.3 Å². The lowest BCUT2D eigenvalue weighted by atomic mass is 10.0. The number of ether oxygens (including phenoxy) is 10. The van der Waals surface area contributed by atoms with E-state index in [0.717, 1.165) is 0 Å². The van der Waals surface area contributed by atoms with E-state index in [1.54, 1.807) is 0 Å². The van der Waals surface area contributed by atoms with Crippen molar-refractivity contribution < 1.29 is 102 Å². The van der Waals surface area contributed by atoms with Crippen LogP contribution in [0.5, 0.6) is 0 Å². The molecule has 0 saturated carbocycles. The fourth-order valence-electron chi connectivity index (χ4n) is 4.27. The molecule has 21 nitrogen and oxygen atoms in total. The predicted molar refractivity (Wildman–Crippen MR) is 216 cm³/mol. The number of aliphatic hydroxyl groups excluding tert-OH is 6. The lowest BCUT2D eigenvalue weighted by Crippen LogP contribution is -2.54. The third-order valence-electron chi connectivity index (χ3n) is 7.57. The van der Waals surface area contributed by atoms with Crippen molar-refractivity contribution in [2.45, 2.75) is 89.6 Å². The van der Waals surface area contributed by atoms with Crippen LogP contribution in [0.4, 0.5) is 0 Å². The minimum atomic E-state index is -1.62. The summed E-state index contributed by atoms with van der Waals surface area (Å²) < 4.78 is 54.5. The van der Waals surface area contributed by atoms with E-state index in [4.69, 9.17) is 47.4 Å². The van der Waals surface area contributed by atoms with Gasteiger partial charge in [0.25, 0.3) is 0 Å². The maximum Gasteiger partial charge on any atom is 0.333 e. The van der Waals surface area contributed by atoms with Gasteiger partial charge in [0.1, 0.15) is 88.0 Å². The van der Waals surface area contributed by atoms with Gasteiger partial charge in [-0.3, -0.25) is 0 Å². The van der Waals surface area contributed by atoms with Crippen LogP contribution in [0.2, 0.25) is 0 Å². The van der Waals surface area contributed by atoms with Crippen LogP contribution >= 0.6 is 0 Å². The Kier molecular flexibility index (Phi) is 29.2. The number of carbonyl (C=O) groups excluding carboxylic acids is 5. The van der Waals surface area contributed by atoms with Gasteiger partial charge in [-0.15, -0.1) is 0 Å². The van der Waals surface area contributed by atoms with Gasteiger partial charge in [0.05, 0.1) is 46.2 Å². The van der Waals surface area contributed by atoms with Crippen molar-refractivity contribution in [3.05, 3.63) is 60.8 Å². The van der Waals surface area contributed by atoms with Crippen molar-refractivity contribution in [2.24, 2.45) is 0 Å². The second-order valence-corrected chi connectivity index (χ2v) is 14.2. The Balaban J connectivity index is 7.00. The molecule has 6 N–H and O–H groups in total. The van der Waals surface area contributed by atoms with Gasteiger partial charge >= 0.3 is 29.8 Å². The zero-order valence-electron chi connectivity index (χ0n) is 36.0. The van der Waals surface area contributed by atoms with Gasteiger partial charge in [-0.25, -0.2) is 24.0 Å². The minimum Gasteiger partial charge on any atom is -0.460 e. The first-order valence-corrected chi connectivity index (χ1v) is 19.2. The lowest BCUT2D eigenvalue weighted by molar-refractivity contribution is -0.216. The van der Waals surface area contributed by atoms with Gasteiger partial charge < -0.3 is 78.0 Å². The Labute approximate surface area is 361 Å². The summed E-state index contributed by atoms with van der Waals surface area (Å²) in [6, 6.07) is 0. The quantitative estimate of drug-likeness (QED) is 0.0251. The van der Waals surface area contributed by atoms with Crippen LogP contribution in [0.1, 0.15) is 34.6 Å². The van der Waals surface area contributed by atoms with Gasteiger partial charge in [0, 0.05) is 27.9 Å². The van der Waals surface area contributed by atoms with E-state index in [0.29, 0.717) is 0 Å². The number of carbonyl (C=O) groups is 5. The van der Waals surface area contributed by atoms with E-state index in [2.05, 4.69) is 32.9 Å². The molecule has 0 amide bonds. The minimum absolute atomic E-state index is 0.0335. The first kappa shape index (κ1) is 57.6. The number of esters is 5. The van der Waals surface area contributed by atoms with E-state index < -0.39 is 164 Å². The van der Waals surface area contributed by atoms with E-state index in [9.17, 15) is 54.6 Å². The van der Waals surface area contributed by atoms with Crippen molar-refractivity contribution in [1.82, 2.24) is 0 Å². The monoisotopic (exact) mass is 892 g/mol. The molecule has 0 saturated heterocycles. The summed E-state index contributed by atoms with van der Waals surface area (Å²) in [7, 11) is 0. The van der Waals surface area contributed by atoms with Crippen LogP contribution < -0.4 is 0 Å². The average Bonchev–Trinajstić information content (AvgIpc) is 3.21. The number of aliphatic hydroxyl groups is 6. The third-order valence-corrected chi connectivity index (χ3v) is 7.57. The van der Waals surface area contributed by atoms with Gasteiger partial charge in [-0.1, -0.05) is 32.9 Å². The molecule has 0 aliphatic heterocycles. The topological polar surface area (TPSA) is 299 Å². The molecule has 0 radical (unpaired) electrons. The molecule has 0 aromatic heterocycles. The fraction of sp³-hybridized carbons (Fsp3) is 0.634. The summed E-state index contributed by atoms with van der Waals surface area (Å²) in [5, 5.41) is 63.9. The fourth-order valence-corrected chi connectivity index (χ4v) is 4.27. The molecule has 0 aliphatic carbocycles. The molecule has 0 spiro atoms. The molecular formula is C41H64O21. The maximum absolute atomic E-state index is 12.0. The molecule has 0 rings (SSSR count). The Morgan fingerprint density at radius 2 is 0.613 bits per heavy atom. The highest BCUT2D eigenvalue weighted by Gasteiger charge is 2.40. The molecule has 62 heavy (non-hydrogen) atoms.